The summed E-state index contributed by atoms with van der Waals surface area (Å²) < 4.78 is 58.1. The van der Waals surface area contributed by atoms with Crippen LogP contribution in [0.5, 0.6) is 0 Å². The molecule has 1 atom stereocenters. The maximum atomic E-state index is 15.7. The molecule has 2 aromatic carbocycles. The zero-order valence-corrected chi connectivity index (χ0v) is 20.5. The Hall–Kier alpha value is -4.06. The van der Waals surface area contributed by atoms with Crippen molar-refractivity contribution in [3.63, 3.8) is 0 Å². The average molecular weight is 527 g/mol. The van der Waals surface area contributed by atoms with E-state index in [9.17, 15) is 18.0 Å². The van der Waals surface area contributed by atoms with Gasteiger partial charge in [0.25, 0.3) is 5.91 Å². The van der Waals surface area contributed by atoms with E-state index in [0.717, 1.165) is 11.7 Å². The minimum Gasteiger partial charge on any atom is -0.334 e. The molecule has 0 aliphatic carbocycles. The fourth-order valence-electron chi connectivity index (χ4n) is 4.89. The lowest BCUT2D eigenvalue weighted by Gasteiger charge is -2.27. The molecule has 1 aliphatic rings. The van der Waals surface area contributed by atoms with Gasteiger partial charge in [-0.15, -0.1) is 11.3 Å². The number of alkyl halides is 3. The number of carbonyl (C=O) groups is 1. The number of nitrogens with zero attached hydrogens (tertiary/aromatic N) is 6. The number of anilines is 1. The van der Waals surface area contributed by atoms with E-state index >= 15 is 4.39 Å². The number of rotatable bonds is 3. The largest absolute Gasteiger partial charge is 0.443 e. The zero-order chi connectivity index (χ0) is 26.2. The van der Waals surface area contributed by atoms with Crippen molar-refractivity contribution >= 4 is 34.0 Å². The Kier molecular flexibility index (Phi) is 5.03. The first-order valence-corrected chi connectivity index (χ1v) is 12.0. The van der Waals surface area contributed by atoms with Gasteiger partial charge in [0.15, 0.2) is 5.01 Å². The number of halogens is 4. The Morgan fingerprint density at radius 3 is 2.54 bits per heavy atom. The van der Waals surface area contributed by atoms with Crippen LogP contribution in [-0.4, -0.2) is 30.2 Å². The van der Waals surface area contributed by atoms with E-state index in [1.54, 1.807) is 38.5 Å². The summed E-state index contributed by atoms with van der Waals surface area (Å²) in [4.78, 5) is 23.2. The SMILES string of the molecule is Cc1nn(C)c2c1C(c1ccc(-c3cnc(C(F)(F)F)s3)cc1F)N(c1ccc3c(c1)ncn3C)C2=O. The van der Waals surface area contributed by atoms with Crippen LogP contribution in [0, 0.1) is 12.7 Å². The molecule has 12 heteroatoms. The van der Waals surface area contributed by atoms with Gasteiger partial charge in [-0.2, -0.15) is 18.3 Å². The van der Waals surface area contributed by atoms with Crippen molar-refractivity contribution < 1.29 is 22.4 Å². The van der Waals surface area contributed by atoms with Crippen LogP contribution in [0.1, 0.15) is 38.4 Å². The predicted octanol–water partition coefficient (Wildman–Crippen LogP) is 5.65. The highest BCUT2D eigenvalue weighted by Gasteiger charge is 2.44. The van der Waals surface area contributed by atoms with E-state index in [4.69, 9.17) is 0 Å². The first kappa shape index (κ1) is 23.3. The van der Waals surface area contributed by atoms with Gasteiger partial charge in [0.1, 0.15) is 11.5 Å². The molecule has 0 spiro atoms. The summed E-state index contributed by atoms with van der Waals surface area (Å²) >= 11 is 0.445. The lowest BCUT2D eigenvalue weighted by Crippen LogP contribution is -2.30. The molecule has 1 aliphatic heterocycles. The van der Waals surface area contributed by atoms with Gasteiger partial charge in [-0.05, 0) is 36.8 Å². The van der Waals surface area contributed by atoms with E-state index in [-0.39, 0.29) is 21.9 Å². The summed E-state index contributed by atoms with van der Waals surface area (Å²) in [5.41, 5.74) is 4.08. The number of hydrogen-bond donors (Lipinski definition) is 0. The fourth-order valence-corrected chi connectivity index (χ4v) is 5.67. The third-order valence-corrected chi connectivity index (χ3v) is 7.63. The van der Waals surface area contributed by atoms with E-state index in [1.807, 2.05) is 17.7 Å². The minimum absolute atomic E-state index is 0.191. The number of carbonyl (C=O) groups excluding carboxylic acids is 1. The molecule has 0 fully saturated rings. The van der Waals surface area contributed by atoms with Gasteiger partial charge in [-0.3, -0.25) is 14.4 Å². The molecule has 3 aromatic heterocycles. The first-order chi connectivity index (χ1) is 17.5. The van der Waals surface area contributed by atoms with E-state index in [1.165, 1.54) is 21.7 Å². The number of hydrogen-bond acceptors (Lipinski definition) is 5. The molecule has 7 nitrogen and oxygen atoms in total. The maximum Gasteiger partial charge on any atom is 0.443 e. The Morgan fingerprint density at radius 1 is 1.05 bits per heavy atom. The highest BCUT2D eigenvalue weighted by Crippen LogP contribution is 2.45. The van der Waals surface area contributed by atoms with Crippen molar-refractivity contribution in [3.8, 4) is 10.4 Å². The smallest absolute Gasteiger partial charge is 0.334 e. The molecule has 4 heterocycles. The van der Waals surface area contributed by atoms with Gasteiger partial charge in [0.2, 0.25) is 0 Å². The topological polar surface area (TPSA) is 68.8 Å². The standard InChI is InChI=1S/C25H18F4N6OS/c1-12-20-21(15-6-4-13(8-16(15)26)19-10-30-24(37-19)25(27,28)29)35(23(36)22(20)34(3)32-12)14-5-7-18-17(9-14)31-11-33(18)2/h4-11,21H,1-3H3. The number of thiazole rings is 1. The van der Waals surface area contributed by atoms with E-state index < -0.39 is 23.0 Å². The monoisotopic (exact) mass is 526 g/mol. The number of benzene rings is 2. The van der Waals surface area contributed by atoms with E-state index in [0.29, 0.717) is 39.5 Å². The van der Waals surface area contributed by atoms with Crippen molar-refractivity contribution in [1.29, 1.82) is 0 Å². The molecule has 0 saturated carbocycles. The number of fused-ring (bicyclic) bond motifs is 2. The third-order valence-electron chi connectivity index (χ3n) is 6.54. The Balaban J connectivity index is 1.48. The molecule has 0 bridgehead atoms. The summed E-state index contributed by atoms with van der Waals surface area (Å²) in [6.07, 6.45) is -1.82. The van der Waals surface area contributed by atoms with E-state index in [2.05, 4.69) is 15.1 Å². The molecule has 6 rings (SSSR count). The second kappa shape index (κ2) is 7.97. The molecule has 37 heavy (non-hydrogen) atoms. The van der Waals surface area contributed by atoms with Gasteiger partial charge in [-0.1, -0.05) is 12.1 Å². The fraction of sp³-hybridized carbons (Fsp3) is 0.200. The Labute approximate surface area is 211 Å². The van der Waals surface area contributed by atoms with Crippen LogP contribution in [0.3, 0.4) is 0 Å². The lowest BCUT2D eigenvalue weighted by molar-refractivity contribution is -0.137. The first-order valence-electron chi connectivity index (χ1n) is 11.2. The quantitative estimate of drug-likeness (QED) is 0.285. The number of aryl methyl sites for hydroxylation is 3. The highest BCUT2D eigenvalue weighted by atomic mass is 32.1. The van der Waals surface area contributed by atoms with Crippen LogP contribution >= 0.6 is 11.3 Å². The molecular formula is C25H18F4N6OS. The van der Waals surface area contributed by atoms with Crippen molar-refractivity contribution in [3.05, 3.63) is 82.3 Å². The molecule has 1 amide bonds. The van der Waals surface area contributed by atoms with Gasteiger partial charge in [-0.25, -0.2) is 14.4 Å². The van der Waals surface area contributed by atoms with Crippen LogP contribution in [0.4, 0.5) is 23.2 Å². The molecule has 0 saturated heterocycles. The summed E-state index contributed by atoms with van der Waals surface area (Å²) in [5.74, 6) is -0.989. The normalized spacial score (nSPS) is 15.7. The van der Waals surface area contributed by atoms with Gasteiger partial charge >= 0.3 is 6.18 Å². The second-order valence-corrected chi connectivity index (χ2v) is 9.87. The Morgan fingerprint density at radius 2 is 1.84 bits per heavy atom. The molecule has 0 radical (unpaired) electrons. The van der Waals surface area contributed by atoms with Crippen LogP contribution in [-0.2, 0) is 20.3 Å². The lowest BCUT2D eigenvalue weighted by atomic mass is 9.97. The number of aromatic nitrogens is 5. The van der Waals surface area contributed by atoms with Gasteiger partial charge < -0.3 is 4.57 Å². The van der Waals surface area contributed by atoms with Crippen molar-refractivity contribution in [2.75, 3.05) is 4.90 Å². The van der Waals surface area contributed by atoms with Crippen LogP contribution in [0.2, 0.25) is 0 Å². The summed E-state index contributed by atoms with van der Waals surface area (Å²) in [6.45, 7) is 1.76. The second-order valence-electron chi connectivity index (χ2n) is 8.84. The third kappa shape index (κ3) is 3.54. The molecule has 0 N–H and O–H groups in total. The molecular weight excluding hydrogens is 508 g/mol. The minimum atomic E-state index is -4.57. The van der Waals surface area contributed by atoms with Crippen LogP contribution < -0.4 is 4.90 Å². The molecule has 1 unspecified atom stereocenters. The van der Waals surface area contributed by atoms with Crippen molar-refractivity contribution in [2.24, 2.45) is 14.1 Å². The summed E-state index contributed by atoms with van der Waals surface area (Å²) in [6, 6.07) is 8.81. The molecule has 5 aromatic rings. The van der Waals surface area contributed by atoms with Crippen LogP contribution in [0.25, 0.3) is 21.5 Å². The van der Waals surface area contributed by atoms with Crippen molar-refractivity contribution in [1.82, 2.24) is 24.3 Å². The summed E-state index contributed by atoms with van der Waals surface area (Å²) in [7, 11) is 3.52. The zero-order valence-electron chi connectivity index (χ0n) is 19.7. The number of imidazole rings is 1. The van der Waals surface area contributed by atoms with Gasteiger partial charge in [0.05, 0.1) is 34.0 Å². The highest BCUT2D eigenvalue weighted by molar-refractivity contribution is 7.15. The average Bonchev–Trinajstić information content (AvgIpc) is 3.59. The Bertz CT molecular complexity index is 1720. The van der Waals surface area contributed by atoms with Crippen molar-refractivity contribution in [2.45, 2.75) is 19.1 Å². The number of amides is 1. The summed E-state index contributed by atoms with van der Waals surface area (Å²) in [5, 5.41) is 3.38. The van der Waals surface area contributed by atoms with Gasteiger partial charge in [0, 0.05) is 37.1 Å². The maximum absolute atomic E-state index is 15.7. The molecule has 188 valence electrons. The van der Waals surface area contributed by atoms with Crippen LogP contribution in [0.15, 0.2) is 48.9 Å². The predicted molar refractivity (Wildman–Crippen MR) is 130 cm³/mol.